The monoisotopic (exact) mass is 228 g/mol. The molecule has 0 aliphatic heterocycles. The fourth-order valence-electron chi connectivity index (χ4n) is 1.72. The van der Waals surface area contributed by atoms with Gasteiger partial charge in [0.05, 0.1) is 0 Å². The van der Waals surface area contributed by atoms with Crippen molar-refractivity contribution in [3.63, 3.8) is 0 Å². The summed E-state index contributed by atoms with van der Waals surface area (Å²) in [6.45, 7) is 1.98. The van der Waals surface area contributed by atoms with Gasteiger partial charge < -0.3 is 10.2 Å². The standard InChI is InChI=1S/C12H12N4O/c1-7-5-10(15-16(7)2)12-14-9-6-8(13)3-4-11(9)17-12/h3-6H,13H2,1-2H3. The summed E-state index contributed by atoms with van der Waals surface area (Å²) in [6.07, 6.45) is 0. The first-order valence-electron chi connectivity index (χ1n) is 5.30. The van der Waals surface area contributed by atoms with Crippen LogP contribution in [0.3, 0.4) is 0 Å². The highest BCUT2D eigenvalue weighted by Crippen LogP contribution is 2.24. The Labute approximate surface area is 97.9 Å². The number of nitrogen functional groups attached to an aromatic ring is 1. The van der Waals surface area contributed by atoms with Crippen LogP contribution in [0.4, 0.5) is 5.69 Å². The molecule has 2 heterocycles. The molecule has 0 fully saturated rings. The fourth-order valence-corrected chi connectivity index (χ4v) is 1.72. The molecule has 2 N–H and O–H groups in total. The number of hydrogen-bond acceptors (Lipinski definition) is 4. The average Bonchev–Trinajstić information content (AvgIpc) is 2.83. The molecule has 3 rings (SSSR count). The Morgan fingerprint density at radius 2 is 2.12 bits per heavy atom. The van der Waals surface area contributed by atoms with Crippen LogP contribution in [-0.4, -0.2) is 14.8 Å². The summed E-state index contributed by atoms with van der Waals surface area (Å²) in [4.78, 5) is 4.38. The number of aryl methyl sites for hydroxylation is 2. The van der Waals surface area contributed by atoms with Gasteiger partial charge in [0, 0.05) is 18.4 Å². The molecule has 0 atom stereocenters. The van der Waals surface area contributed by atoms with Gasteiger partial charge in [-0.25, -0.2) is 4.98 Å². The maximum Gasteiger partial charge on any atom is 0.248 e. The van der Waals surface area contributed by atoms with Crippen LogP contribution in [0.15, 0.2) is 28.7 Å². The van der Waals surface area contributed by atoms with Crippen LogP contribution in [0.2, 0.25) is 0 Å². The van der Waals surface area contributed by atoms with Crippen molar-refractivity contribution in [3.05, 3.63) is 30.0 Å². The third-order valence-electron chi connectivity index (χ3n) is 2.74. The first-order chi connectivity index (χ1) is 8.13. The topological polar surface area (TPSA) is 69.9 Å². The predicted octanol–water partition coefficient (Wildman–Crippen LogP) is 2.12. The van der Waals surface area contributed by atoms with Crippen LogP contribution in [0.1, 0.15) is 5.69 Å². The molecular weight excluding hydrogens is 216 g/mol. The first kappa shape index (κ1) is 9.89. The number of benzene rings is 1. The zero-order valence-electron chi connectivity index (χ0n) is 9.64. The van der Waals surface area contributed by atoms with Crippen molar-refractivity contribution in [2.45, 2.75) is 6.92 Å². The van der Waals surface area contributed by atoms with Crippen LogP contribution in [-0.2, 0) is 7.05 Å². The SMILES string of the molecule is Cc1cc(-c2nc3cc(N)ccc3o2)nn1C. The average molecular weight is 228 g/mol. The number of aromatic nitrogens is 3. The lowest BCUT2D eigenvalue weighted by molar-refractivity contribution is 0.613. The van der Waals surface area contributed by atoms with Crippen LogP contribution in [0.5, 0.6) is 0 Å². The maximum atomic E-state index is 5.70. The molecule has 3 aromatic rings. The number of rotatable bonds is 1. The molecule has 0 spiro atoms. The zero-order valence-corrected chi connectivity index (χ0v) is 9.64. The van der Waals surface area contributed by atoms with Crippen molar-refractivity contribution in [3.8, 4) is 11.6 Å². The lowest BCUT2D eigenvalue weighted by Crippen LogP contribution is -1.92. The Morgan fingerprint density at radius 1 is 1.29 bits per heavy atom. The van der Waals surface area contributed by atoms with Crippen LogP contribution < -0.4 is 5.73 Å². The molecule has 0 aliphatic carbocycles. The second-order valence-electron chi connectivity index (χ2n) is 4.04. The molecule has 2 aromatic heterocycles. The van der Waals surface area contributed by atoms with E-state index in [4.69, 9.17) is 10.2 Å². The van der Waals surface area contributed by atoms with Gasteiger partial charge in [-0.05, 0) is 31.2 Å². The van der Waals surface area contributed by atoms with Crippen LogP contribution in [0, 0.1) is 6.92 Å². The smallest absolute Gasteiger partial charge is 0.248 e. The van der Waals surface area contributed by atoms with Gasteiger partial charge in [-0.1, -0.05) is 0 Å². The van der Waals surface area contributed by atoms with E-state index in [1.807, 2.05) is 26.1 Å². The third-order valence-corrected chi connectivity index (χ3v) is 2.74. The van der Waals surface area contributed by atoms with Gasteiger partial charge in [0.25, 0.3) is 0 Å². The molecule has 0 unspecified atom stereocenters. The van der Waals surface area contributed by atoms with Crippen LogP contribution in [0.25, 0.3) is 22.7 Å². The quantitative estimate of drug-likeness (QED) is 0.647. The molecule has 0 saturated heterocycles. The second-order valence-corrected chi connectivity index (χ2v) is 4.04. The molecule has 17 heavy (non-hydrogen) atoms. The number of anilines is 1. The molecule has 0 bridgehead atoms. The summed E-state index contributed by atoms with van der Waals surface area (Å²) in [6, 6.07) is 7.34. The molecule has 0 amide bonds. The normalized spacial score (nSPS) is 11.2. The summed E-state index contributed by atoms with van der Waals surface area (Å²) < 4.78 is 7.43. The molecule has 0 radical (unpaired) electrons. The van der Waals surface area contributed by atoms with E-state index in [1.165, 1.54) is 0 Å². The zero-order chi connectivity index (χ0) is 12.0. The fraction of sp³-hybridized carbons (Fsp3) is 0.167. The van der Waals surface area contributed by atoms with Gasteiger partial charge in [-0.15, -0.1) is 0 Å². The van der Waals surface area contributed by atoms with Crippen molar-refractivity contribution in [2.75, 3.05) is 5.73 Å². The van der Waals surface area contributed by atoms with E-state index in [1.54, 1.807) is 16.8 Å². The highest BCUT2D eigenvalue weighted by molar-refractivity contribution is 5.79. The Balaban J connectivity index is 2.17. The highest BCUT2D eigenvalue weighted by atomic mass is 16.3. The Morgan fingerprint density at radius 3 is 2.82 bits per heavy atom. The summed E-state index contributed by atoms with van der Waals surface area (Å²) in [5, 5.41) is 4.33. The molecule has 5 heteroatoms. The number of oxazole rings is 1. The molecule has 0 saturated carbocycles. The van der Waals surface area contributed by atoms with Gasteiger partial charge >= 0.3 is 0 Å². The number of nitrogens with two attached hydrogens (primary N) is 1. The minimum absolute atomic E-state index is 0.523. The van der Waals surface area contributed by atoms with Gasteiger partial charge in [0.1, 0.15) is 11.2 Å². The lowest BCUT2D eigenvalue weighted by atomic mass is 10.3. The van der Waals surface area contributed by atoms with E-state index in [-0.39, 0.29) is 0 Å². The lowest BCUT2D eigenvalue weighted by Gasteiger charge is -1.88. The highest BCUT2D eigenvalue weighted by Gasteiger charge is 2.12. The van der Waals surface area contributed by atoms with Crippen molar-refractivity contribution in [2.24, 2.45) is 7.05 Å². The molecule has 0 aliphatic rings. The van der Waals surface area contributed by atoms with Crippen LogP contribution >= 0.6 is 0 Å². The third kappa shape index (κ3) is 1.56. The molecule has 86 valence electrons. The van der Waals surface area contributed by atoms with Crippen molar-refractivity contribution < 1.29 is 4.42 Å². The molecule has 1 aromatic carbocycles. The van der Waals surface area contributed by atoms with Crippen molar-refractivity contribution in [1.29, 1.82) is 0 Å². The van der Waals surface area contributed by atoms with E-state index < -0.39 is 0 Å². The van der Waals surface area contributed by atoms with E-state index >= 15 is 0 Å². The summed E-state index contributed by atoms with van der Waals surface area (Å²) in [5.41, 5.74) is 9.64. The first-order valence-corrected chi connectivity index (χ1v) is 5.30. The molecule has 5 nitrogen and oxygen atoms in total. The van der Waals surface area contributed by atoms with Gasteiger partial charge in [-0.2, -0.15) is 5.10 Å². The Kier molecular flexibility index (Phi) is 1.95. The van der Waals surface area contributed by atoms with Crippen molar-refractivity contribution >= 4 is 16.8 Å². The maximum absolute atomic E-state index is 5.70. The predicted molar refractivity (Wildman–Crippen MR) is 65.4 cm³/mol. The summed E-state index contributed by atoms with van der Waals surface area (Å²) >= 11 is 0. The molecular formula is C12H12N4O. The van der Waals surface area contributed by atoms with E-state index in [0.717, 1.165) is 22.5 Å². The number of hydrogen-bond donors (Lipinski definition) is 1. The van der Waals surface area contributed by atoms with Gasteiger partial charge in [-0.3, -0.25) is 4.68 Å². The number of nitrogens with zero attached hydrogens (tertiary/aromatic N) is 3. The van der Waals surface area contributed by atoms with Gasteiger partial charge in [0.2, 0.25) is 5.89 Å². The number of fused-ring (bicyclic) bond motifs is 1. The second kappa shape index (κ2) is 3.35. The summed E-state index contributed by atoms with van der Waals surface area (Å²) in [7, 11) is 1.89. The van der Waals surface area contributed by atoms with Crippen molar-refractivity contribution in [1.82, 2.24) is 14.8 Å². The largest absolute Gasteiger partial charge is 0.435 e. The minimum atomic E-state index is 0.523. The summed E-state index contributed by atoms with van der Waals surface area (Å²) in [5.74, 6) is 0.523. The minimum Gasteiger partial charge on any atom is -0.435 e. The Hall–Kier alpha value is -2.30. The Bertz CT molecular complexity index is 676. The van der Waals surface area contributed by atoms with E-state index in [0.29, 0.717) is 11.6 Å². The van der Waals surface area contributed by atoms with E-state index in [9.17, 15) is 0 Å². The van der Waals surface area contributed by atoms with E-state index in [2.05, 4.69) is 10.1 Å². The van der Waals surface area contributed by atoms with Gasteiger partial charge in [0.15, 0.2) is 5.58 Å².